The van der Waals surface area contributed by atoms with Gasteiger partial charge in [0.25, 0.3) is 0 Å². The summed E-state index contributed by atoms with van der Waals surface area (Å²) in [4.78, 5) is 15.8. The van der Waals surface area contributed by atoms with Crippen LogP contribution in [0.1, 0.15) is 20.3 Å². The van der Waals surface area contributed by atoms with Crippen molar-refractivity contribution in [3.8, 4) is 0 Å². The first kappa shape index (κ1) is 10.5. The fourth-order valence-corrected chi connectivity index (χ4v) is 1.73. The van der Waals surface area contributed by atoms with Crippen molar-refractivity contribution in [3.05, 3.63) is 0 Å². The average molecular weight is 184 g/mol. The molecule has 0 bridgehead atoms. The van der Waals surface area contributed by atoms with Gasteiger partial charge in [-0.05, 0) is 20.5 Å². The van der Waals surface area contributed by atoms with Crippen LogP contribution in [0.15, 0.2) is 0 Å². The van der Waals surface area contributed by atoms with Crippen molar-refractivity contribution in [2.24, 2.45) is 5.92 Å². The van der Waals surface area contributed by atoms with E-state index < -0.39 is 0 Å². The Morgan fingerprint density at radius 2 is 2.08 bits per heavy atom. The van der Waals surface area contributed by atoms with Gasteiger partial charge >= 0.3 is 0 Å². The Morgan fingerprint density at radius 3 is 2.46 bits per heavy atom. The second-order valence-electron chi connectivity index (χ2n) is 4.35. The van der Waals surface area contributed by atoms with Gasteiger partial charge in [-0.25, -0.2) is 0 Å². The Hall–Kier alpha value is -0.570. The second kappa shape index (κ2) is 4.09. The van der Waals surface area contributed by atoms with Crippen LogP contribution in [0.25, 0.3) is 0 Å². The predicted molar refractivity (Wildman–Crippen MR) is 53.5 cm³/mol. The number of hydrogen-bond acceptors (Lipinski definition) is 2. The van der Waals surface area contributed by atoms with E-state index in [4.69, 9.17) is 0 Å². The number of likely N-dealkylation sites (tertiary alicyclic amines) is 1. The van der Waals surface area contributed by atoms with Gasteiger partial charge in [0.15, 0.2) is 0 Å². The summed E-state index contributed by atoms with van der Waals surface area (Å²) in [5.74, 6) is 0.435. The maximum absolute atomic E-state index is 11.6. The molecule has 0 spiro atoms. The van der Waals surface area contributed by atoms with Gasteiger partial charge in [-0.2, -0.15) is 0 Å². The Bertz CT molecular complexity index is 189. The predicted octanol–water partition coefficient (Wildman–Crippen LogP) is 0.805. The summed E-state index contributed by atoms with van der Waals surface area (Å²) in [7, 11) is 4.15. The molecule has 1 aliphatic heterocycles. The van der Waals surface area contributed by atoms with Crippen LogP contribution >= 0.6 is 0 Å². The van der Waals surface area contributed by atoms with Crippen molar-refractivity contribution >= 4 is 5.91 Å². The minimum absolute atomic E-state index is 0.140. The van der Waals surface area contributed by atoms with Crippen LogP contribution in [0.2, 0.25) is 0 Å². The molecular weight excluding hydrogens is 164 g/mol. The molecule has 1 fully saturated rings. The standard InChI is InChI=1S/C10H20N2O/c1-8(2)10(13)12-6-5-9(7-12)11(3)4/h8-9H,5-7H2,1-4H3/t9-/m0/s1. The lowest BCUT2D eigenvalue weighted by Crippen LogP contribution is -2.36. The first-order valence-corrected chi connectivity index (χ1v) is 4.97. The molecule has 1 saturated heterocycles. The van der Waals surface area contributed by atoms with Crippen molar-refractivity contribution in [1.82, 2.24) is 9.80 Å². The molecular formula is C10H20N2O. The molecule has 0 N–H and O–H groups in total. The van der Waals surface area contributed by atoms with Gasteiger partial charge in [-0.15, -0.1) is 0 Å². The van der Waals surface area contributed by atoms with E-state index in [1.54, 1.807) is 0 Å². The third kappa shape index (κ3) is 2.44. The Morgan fingerprint density at radius 1 is 1.46 bits per heavy atom. The molecule has 1 amide bonds. The van der Waals surface area contributed by atoms with E-state index in [0.29, 0.717) is 11.9 Å². The molecule has 3 heteroatoms. The fourth-order valence-electron chi connectivity index (χ4n) is 1.73. The molecule has 0 radical (unpaired) electrons. The van der Waals surface area contributed by atoms with Crippen LogP contribution in [-0.2, 0) is 4.79 Å². The van der Waals surface area contributed by atoms with Crippen LogP contribution < -0.4 is 0 Å². The summed E-state index contributed by atoms with van der Waals surface area (Å²) < 4.78 is 0. The molecule has 0 aliphatic carbocycles. The van der Waals surface area contributed by atoms with Crippen LogP contribution in [0, 0.1) is 5.92 Å². The molecule has 0 saturated carbocycles. The molecule has 13 heavy (non-hydrogen) atoms. The van der Waals surface area contributed by atoms with Gasteiger partial charge in [0.1, 0.15) is 0 Å². The molecule has 0 aromatic carbocycles. The van der Waals surface area contributed by atoms with E-state index in [-0.39, 0.29) is 5.92 Å². The molecule has 0 aromatic rings. The molecule has 1 atom stereocenters. The summed E-state index contributed by atoms with van der Waals surface area (Å²) in [6.45, 7) is 5.76. The van der Waals surface area contributed by atoms with E-state index in [1.165, 1.54) is 0 Å². The van der Waals surface area contributed by atoms with Crippen LogP contribution in [0.3, 0.4) is 0 Å². The Balaban J connectivity index is 2.45. The van der Waals surface area contributed by atoms with E-state index >= 15 is 0 Å². The summed E-state index contributed by atoms with van der Waals surface area (Å²) in [5, 5.41) is 0. The van der Waals surface area contributed by atoms with Crippen molar-refractivity contribution < 1.29 is 4.79 Å². The zero-order chi connectivity index (χ0) is 10.0. The molecule has 1 rings (SSSR count). The van der Waals surface area contributed by atoms with E-state index in [0.717, 1.165) is 19.5 Å². The lowest BCUT2D eigenvalue weighted by Gasteiger charge is -2.21. The van der Waals surface area contributed by atoms with Gasteiger partial charge in [0.2, 0.25) is 5.91 Å². The van der Waals surface area contributed by atoms with Crippen molar-refractivity contribution in [3.63, 3.8) is 0 Å². The molecule has 3 nitrogen and oxygen atoms in total. The summed E-state index contributed by atoms with van der Waals surface area (Å²) in [6.07, 6.45) is 1.12. The first-order valence-electron chi connectivity index (χ1n) is 4.97. The highest BCUT2D eigenvalue weighted by Gasteiger charge is 2.28. The summed E-state index contributed by atoms with van der Waals surface area (Å²) in [6, 6.07) is 0.558. The minimum atomic E-state index is 0.140. The molecule has 0 unspecified atom stereocenters. The Labute approximate surface area is 80.7 Å². The van der Waals surface area contributed by atoms with Gasteiger partial charge < -0.3 is 9.80 Å². The highest BCUT2D eigenvalue weighted by atomic mass is 16.2. The number of likely N-dealkylation sites (N-methyl/N-ethyl adjacent to an activating group) is 1. The number of hydrogen-bond donors (Lipinski definition) is 0. The highest BCUT2D eigenvalue weighted by Crippen LogP contribution is 2.15. The van der Waals surface area contributed by atoms with Gasteiger partial charge in [0, 0.05) is 25.0 Å². The molecule has 1 heterocycles. The highest BCUT2D eigenvalue weighted by molar-refractivity contribution is 5.78. The summed E-state index contributed by atoms with van der Waals surface area (Å²) in [5.41, 5.74) is 0. The van der Waals surface area contributed by atoms with Crippen LogP contribution in [0.5, 0.6) is 0 Å². The normalized spacial score (nSPS) is 23.2. The van der Waals surface area contributed by atoms with Crippen molar-refractivity contribution in [1.29, 1.82) is 0 Å². The SMILES string of the molecule is CC(C)C(=O)N1CC[C@H](N(C)C)C1. The monoisotopic (exact) mass is 184 g/mol. The van der Waals surface area contributed by atoms with Crippen molar-refractivity contribution in [2.75, 3.05) is 27.2 Å². The molecule has 76 valence electrons. The van der Waals surface area contributed by atoms with E-state index in [1.807, 2.05) is 18.7 Å². The number of amides is 1. The largest absolute Gasteiger partial charge is 0.341 e. The topological polar surface area (TPSA) is 23.6 Å². The Kier molecular flexibility index (Phi) is 3.31. The van der Waals surface area contributed by atoms with Crippen molar-refractivity contribution in [2.45, 2.75) is 26.3 Å². The molecule has 0 aromatic heterocycles. The minimum Gasteiger partial charge on any atom is -0.341 e. The zero-order valence-corrected chi connectivity index (χ0v) is 9.08. The van der Waals surface area contributed by atoms with Gasteiger partial charge in [-0.1, -0.05) is 13.8 Å². The average Bonchev–Trinajstić information content (AvgIpc) is 2.50. The number of carbonyl (C=O) groups excluding carboxylic acids is 1. The number of rotatable bonds is 2. The van der Waals surface area contributed by atoms with Gasteiger partial charge in [0.05, 0.1) is 0 Å². The number of carbonyl (C=O) groups is 1. The first-order chi connectivity index (χ1) is 6.02. The third-order valence-corrected chi connectivity index (χ3v) is 2.70. The maximum atomic E-state index is 11.6. The van der Waals surface area contributed by atoms with Crippen LogP contribution in [-0.4, -0.2) is 48.9 Å². The smallest absolute Gasteiger partial charge is 0.225 e. The van der Waals surface area contributed by atoms with Crippen LogP contribution in [0.4, 0.5) is 0 Å². The van der Waals surface area contributed by atoms with E-state index in [9.17, 15) is 4.79 Å². The van der Waals surface area contributed by atoms with E-state index in [2.05, 4.69) is 19.0 Å². The zero-order valence-electron chi connectivity index (χ0n) is 9.08. The molecule has 1 aliphatic rings. The summed E-state index contributed by atoms with van der Waals surface area (Å²) >= 11 is 0. The second-order valence-corrected chi connectivity index (χ2v) is 4.35. The lowest BCUT2D eigenvalue weighted by molar-refractivity contribution is -0.133. The maximum Gasteiger partial charge on any atom is 0.225 e. The van der Waals surface area contributed by atoms with Gasteiger partial charge in [-0.3, -0.25) is 4.79 Å². The number of nitrogens with zero attached hydrogens (tertiary/aromatic N) is 2. The quantitative estimate of drug-likeness (QED) is 0.634. The fraction of sp³-hybridized carbons (Fsp3) is 0.900. The lowest BCUT2D eigenvalue weighted by atomic mass is 10.2. The third-order valence-electron chi connectivity index (χ3n) is 2.70.